The van der Waals surface area contributed by atoms with Crippen molar-refractivity contribution >= 4 is 22.9 Å². The first-order valence-electron chi connectivity index (χ1n) is 10.1. The third-order valence-electron chi connectivity index (χ3n) is 5.45. The van der Waals surface area contributed by atoms with Crippen LogP contribution in [0.4, 0.5) is 5.69 Å². The van der Waals surface area contributed by atoms with Gasteiger partial charge in [0.05, 0.1) is 23.7 Å². The summed E-state index contributed by atoms with van der Waals surface area (Å²) in [5.74, 6) is 0.879. The van der Waals surface area contributed by atoms with Crippen molar-refractivity contribution in [3.05, 3.63) is 76.7 Å². The summed E-state index contributed by atoms with van der Waals surface area (Å²) in [4.78, 5) is 22.3. The van der Waals surface area contributed by atoms with E-state index in [2.05, 4.69) is 32.2 Å². The smallest absolute Gasteiger partial charge is 0.261 e. The van der Waals surface area contributed by atoms with Crippen molar-refractivity contribution in [3.63, 3.8) is 0 Å². The molecular formula is C23H26N4O2S. The average Bonchev–Trinajstić information content (AvgIpc) is 3.35. The van der Waals surface area contributed by atoms with Gasteiger partial charge >= 0.3 is 0 Å². The minimum Gasteiger partial charge on any atom is -0.495 e. The lowest BCUT2D eigenvalue weighted by molar-refractivity contribution is 0.0934. The van der Waals surface area contributed by atoms with Gasteiger partial charge in [0.15, 0.2) is 0 Å². The number of pyridine rings is 1. The van der Waals surface area contributed by atoms with Crippen molar-refractivity contribution in [1.29, 1.82) is 0 Å². The van der Waals surface area contributed by atoms with E-state index in [1.807, 2.05) is 48.0 Å². The normalized spacial score (nSPS) is 15.6. The van der Waals surface area contributed by atoms with Crippen LogP contribution >= 0.6 is 11.3 Å². The number of carbonyl (C=O) groups excluding carboxylic acids is 1. The number of hydrogen-bond donors (Lipinski definition) is 1. The zero-order chi connectivity index (χ0) is 20.8. The Morgan fingerprint density at radius 3 is 2.67 bits per heavy atom. The van der Waals surface area contributed by atoms with Gasteiger partial charge in [0.2, 0.25) is 0 Å². The maximum Gasteiger partial charge on any atom is 0.261 e. The number of nitrogens with one attached hydrogen (secondary N) is 1. The first-order chi connectivity index (χ1) is 14.8. The summed E-state index contributed by atoms with van der Waals surface area (Å²) in [6, 6.07) is 16.0. The SMILES string of the molecule is COc1ccccc1N1CCN([C@H](CNC(=O)c2cccs2)c2cccnc2)CC1. The molecule has 0 bridgehead atoms. The topological polar surface area (TPSA) is 57.7 Å². The van der Waals surface area contributed by atoms with Gasteiger partial charge in [0.25, 0.3) is 5.91 Å². The second kappa shape index (κ2) is 9.73. The second-order valence-electron chi connectivity index (χ2n) is 7.18. The first kappa shape index (κ1) is 20.4. The molecule has 2 aromatic heterocycles. The number of methoxy groups -OCH3 is 1. The molecule has 156 valence electrons. The van der Waals surface area contributed by atoms with E-state index in [0.29, 0.717) is 6.54 Å². The van der Waals surface area contributed by atoms with Gasteiger partial charge in [0.1, 0.15) is 5.75 Å². The standard InChI is InChI=1S/C23H26N4O2S/c1-29-21-8-3-2-7-19(21)26-11-13-27(14-12-26)20(18-6-4-10-24-16-18)17-25-23(28)22-9-5-15-30-22/h2-10,15-16,20H,11-14,17H2,1H3,(H,25,28)/t20-/m1/s1. The van der Waals surface area contributed by atoms with Gasteiger partial charge in [-0.05, 0) is 35.2 Å². The van der Waals surface area contributed by atoms with Crippen molar-refractivity contribution in [1.82, 2.24) is 15.2 Å². The van der Waals surface area contributed by atoms with Crippen molar-refractivity contribution in [2.24, 2.45) is 0 Å². The van der Waals surface area contributed by atoms with Gasteiger partial charge in [-0.1, -0.05) is 24.3 Å². The molecule has 30 heavy (non-hydrogen) atoms. The number of thiophene rings is 1. The largest absolute Gasteiger partial charge is 0.495 e. The lowest BCUT2D eigenvalue weighted by atomic mass is 10.1. The van der Waals surface area contributed by atoms with E-state index >= 15 is 0 Å². The summed E-state index contributed by atoms with van der Waals surface area (Å²) < 4.78 is 5.53. The fourth-order valence-electron chi connectivity index (χ4n) is 3.88. The lowest BCUT2D eigenvalue weighted by Gasteiger charge is -2.40. The minimum atomic E-state index is -0.0217. The number of benzene rings is 1. The molecule has 4 rings (SSSR count). The molecule has 1 saturated heterocycles. The maximum absolute atomic E-state index is 12.5. The first-order valence-corrected chi connectivity index (χ1v) is 11.0. The monoisotopic (exact) mass is 422 g/mol. The van der Waals surface area contributed by atoms with Gasteiger partial charge < -0.3 is 15.0 Å². The number of rotatable bonds is 7. The van der Waals surface area contributed by atoms with Crippen LogP contribution in [-0.4, -0.2) is 55.6 Å². The van der Waals surface area contributed by atoms with Crippen LogP contribution in [0.2, 0.25) is 0 Å². The van der Waals surface area contributed by atoms with Gasteiger partial charge in [-0.15, -0.1) is 11.3 Å². The molecule has 3 heterocycles. The number of amides is 1. The number of hydrogen-bond acceptors (Lipinski definition) is 6. The third-order valence-corrected chi connectivity index (χ3v) is 6.32. The van der Waals surface area contributed by atoms with Crippen molar-refractivity contribution in [2.45, 2.75) is 6.04 Å². The minimum absolute atomic E-state index is 0.0217. The summed E-state index contributed by atoms with van der Waals surface area (Å²) >= 11 is 1.46. The molecule has 0 spiro atoms. The molecule has 1 aliphatic heterocycles. The second-order valence-corrected chi connectivity index (χ2v) is 8.13. The Morgan fingerprint density at radius 1 is 1.13 bits per heavy atom. The average molecular weight is 423 g/mol. The van der Waals surface area contributed by atoms with Crippen LogP contribution < -0.4 is 15.0 Å². The molecule has 1 atom stereocenters. The molecule has 1 N–H and O–H groups in total. The predicted molar refractivity (Wildman–Crippen MR) is 120 cm³/mol. The Morgan fingerprint density at radius 2 is 1.97 bits per heavy atom. The summed E-state index contributed by atoms with van der Waals surface area (Å²) in [5, 5.41) is 5.03. The molecule has 1 aromatic carbocycles. The van der Waals surface area contributed by atoms with Crippen LogP contribution in [-0.2, 0) is 0 Å². The fraction of sp³-hybridized carbons (Fsp3) is 0.304. The Balaban J connectivity index is 1.45. The van der Waals surface area contributed by atoms with Crippen molar-refractivity contribution in [3.8, 4) is 5.75 Å². The molecule has 7 heteroatoms. The predicted octanol–water partition coefficient (Wildman–Crippen LogP) is 3.45. The number of carbonyl (C=O) groups is 1. The zero-order valence-corrected chi connectivity index (χ0v) is 17.8. The number of para-hydroxylation sites is 2. The van der Waals surface area contributed by atoms with E-state index in [0.717, 1.165) is 48.1 Å². The van der Waals surface area contributed by atoms with E-state index in [1.54, 1.807) is 13.3 Å². The summed E-state index contributed by atoms with van der Waals surface area (Å²) in [6.45, 7) is 4.14. The fourth-order valence-corrected chi connectivity index (χ4v) is 4.52. The highest BCUT2D eigenvalue weighted by Gasteiger charge is 2.27. The molecule has 0 saturated carbocycles. The van der Waals surface area contributed by atoms with E-state index < -0.39 is 0 Å². The number of piperazine rings is 1. The van der Waals surface area contributed by atoms with Crippen LogP contribution in [0.25, 0.3) is 0 Å². The van der Waals surface area contributed by atoms with Crippen LogP contribution in [0.5, 0.6) is 5.75 Å². The highest BCUT2D eigenvalue weighted by atomic mass is 32.1. The number of aromatic nitrogens is 1. The molecule has 1 fully saturated rings. The van der Waals surface area contributed by atoms with Crippen molar-refractivity contribution in [2.75, 3.05) is 44.7 Å². The molecule has 0 aliphatic carbocycles. The van der Waals surface area contributed by atoms with Gasteiger partial charge in [-0.25, -0.2) is 0 Å². The molecule has 0 unspecified atom stereocenters. The van der Waals surface area contributed by atoms with E-state index in [1.165, 1.54) is 11.3 Å². The number of anilines is 1. The Kier molecular flexibility index (Phi) is 6.61. The highest BCUT2D eigenvalue weighted by molar-refractivity contribution is 7.12. The van der Waals surface area contributed by atoms with Crippen LogP contribution in [0.15, 0.2) is 66.3 Å². The molecule has 3 aromatic rings. The summed E-state index contributed by atoms with van der Waals surface area (Å²) in [7, 11) is 1.71. The van der Waals surface area contributed by atoms with Gasteiger partial charge in [0, 0.05) is 45.1 Å². The Bertz CT molecular complexity index is 941. The third kappa shape index (κ3) is 4.63. The van der Waals surface area contributed by atoms with Gasteiger partial charge in [-0.3, -0.25) is 14.7 Å². The van der Waals surface area contributed by atoms with Crippen LogP contribution in [0.1, 0.15) is 21.3 Å². The molecule has 1 aliphatic rings. The number of nitrogens with zero attached hydrogens (tertiary/aromatic N) is 3. The molecule has 1 amide bonds. The summed E-state index contributed by atoms with van der Waals surface area (Å²) in [5.41, 5.74) is 2.25. The Hall–Kier alpha value is -2.90. The van der Waals surface area contributed by atoms with Crippen LogP contribution in [0.3, 0.4) is 0 Å². The van der Waals surface area contributed by atoms with Crippen molar-refractivity contribution < 1.29 is 9.53 Å². The number of ether oxygens (including phenoxy) is 1. The zero-order valence-electron chi connectivity index (χ0n) is 17.0. The van der Waals surface area contributed by atoms with E-state index in [-0.39, 0.29) is 11.9 Å². The molecular weight excluding hydrogens is 396 g/mol. The Labute approximate surface area is 181 Å². The van der Waals surface area contributed by atoms with E-state index in [4.69, 9.17) is 4.74 Å². The quantitative estimate of drug-likeness (QED) is 0.632. The van der Waals surface area contributed by atoms with Gasteiger partial charge in [-0.2, -0.15) is 0 Å². The molecule has 0 radical (unpaired) electrons. The molecule has 6 nitrogen and oxygen atoms in total. The summed E-state index contributed by atoms with van der Waals surface area (Å²) in [6.07, 6.45) is 3.68. The van der Waals surface area contributed by atoms with E-state index in [9.17, 15) is 4.79 Å². The highest BCUT2D eigenvalue weighted by Crippen LogP contribution is 2.30. The lowest BCUT2D eigenvalue weighted by Crippen LogP contribution is -2.50. The maximum atomic E-state index is 12.5. The van der Waals surface area contributed by atoms with Crippen LogP contribution in [0, 0.1) is 0 Å².